The lowest BCUT2D eigenvalue weighted by Gasteiger charge is -2.10. The fraction of sp³-hybridized carbons (Fsp3) is 0.929. The Labute approximate surface area is 143 Å². The molecule has 0 heterocycles. The summed E-state index contributed by atoms with van der Waals surface area (Å²) in [5.74, 6) is 0.653. The largest absolute Gasteiger partial charge is 0.447 e. The molecule has 0 aromatic rings. The van der Waals surface area contributed by atoms with Gasteiger partial charge in [-0.25, -0.2) is 4.79 Å². The van der Waals surface area contributed by atoms with E-state index in [-0.39, 0.29) is 11.9 Å². The van der Waals surface area contributed by atoms with Crippen LogP contribution >= 0.6 is 22.5 Å². The van der Waals surface area contributed by atoms with Gasteiger partial charge in [-0.05, 0) is 12.5 Å². The van der Waals surface area contributed by atoms with E-state index in [0.29, 0.717) is 38.9 Å². The molecule has 22 heavy (non-hydrogen) atoms. The maximum Gasteiger partial charge on any atom is 0.407 e. The van der Waals surface area contributed by atoms with E-state index in [0.717, 1.165) is 13.1 Å². The summed E-state index contributed by atoms with van der Waals surface area (Å²) < 4.78 is 15.7. The number of nitrogens with one attached hydrogen (secondary N) is 2. The van der Waals surface area contributed by atoms with Crippen LogP contribution in [0.15, 0.2) is 0 Å². The third-order valence-electron chi connectivity index (χ3n) is 2.52. The molecular formula is C14H30N2O4S2. The highest BCUT2D eigenvalue weighted by molar-refractivity contribution is 8.68. The van der Waals surface area contributed by atoms with Gasteiger partial charge in [-0.2, -0.15) is 0 Å². The molecule has 0 fully saturated rings. The van der Waals surface area contributed by atoms with Gasteiger partial charge in [0.15, 0.2) is 0 Å². The monoisotopic (exact) mass is 354 g/mol. The van der Waals surface area contributed by atoms with Gasteiger partial charge in [-0.15, -0.1) is 11.7 Å². The van der Waals surface area contributed by atoms with Crippen molar-refractivity contribution in [3.63, 3.8) is 0 Å². The molecule has 0 aromatic carbocycles. The summed E-state index contributed by atoms with van der Waals surface area (Å²) >= 11 is 4.06. The van der Waals surface area contributed by atoms with Crippen LogP contribution in [-0.2, 0) is 14.2 Å². The van der Waals surface area contributed by atoms with Gasteiger partial charge in [0.1, 0.15) is 6.61 Å². The smallest absolute Gasteiger partial charge is 0.407 e. The Morgan fingerprint density at radius 2 is 1.68 bits per heavy atom. The highest BCUT2D eigenvalue weighted by atomic mass is 33.1. The summed E-state index contributed by atoms with van der Waals surface area (Å²) in [4.78, 5) is 11.3. The van der Waals surface area contributed by atoms with Crippen LogP contribution in [0.4, 0.5) is 4.79 Å². The lowest BCUT2D eigenvalue weighted by molar-refractivity contribution is 0.0288. The SMILES string of the molecule is CC(C)CNCCOCCOCCOC(=O)NCC(C)SS. The van der Waals surface area contributed by atoms with Crippen LogP contribution in [0, 0.1) is 5.92 Å². The zero-order valence-electron chi connectivity index (χ0n) is 13.8. The van der Waals surface area contributed by atoms with Crippen LogP contribution in [0.5, 0.6) is 0 Å². The molecule has 2 N–H and O–H groups in total. The van der Waals surface area contributed by atoms with Crippen LogP contribution in [-0.4, -0.2) is 64.0 Å². The maximum absolute atomic E-state index is 11.3. The molecule has 0 aliphatic carbocycles. The van der Waals surface area contributed by atoms with E-state index in [1.807, 2.05) is 6.92 Å². The maximum atomic E-state index is 11.3. The molecule has 0 saturated heterocycles. The first kappa shape index (κ1) is 21.9. The molecule has 8 heteroatoms. The highest BCUT2D eigenvalue weighted by Gasteiger charge is 2.04. The molecule has 0 aliphatic rings. The average molecular weight is 355 g/mol. The van der Waals surface area contributed by atoms with Gasteiger partial charge < -0.3 is 24.8 Å². The normalized spacial score (nSPS) is 12.4. The number of rotatable bonds is 14. The van der Waals surface area contributed by atoms with Crippen molar-refractivity contribution in [1.29, 1.82) is 0 Å². The van der Waals surface area contributed by atoms with E-state index in [1.165, 1.54) is 10.8 Å². The van der Waals surface area contributed by atoms with Crippen LogP contribution in [0.3, 0.4) is 0 Å². The fourth-order valence-corrected chi connectivity index (χ4v) is 1.75. The molecule has 1 atom stereocenters. The summed E-state index contributed by atoms with van der Waals surface area (Å²) in [5, 5.41) is 6.20. The van der Waals surface area contributed by atoms with Gasteiger partial charge in [0.2, 0.25) is 0 Å². The van der Waals surface area contributed by atoms with E-state index < -0.39 is 6.09 Å². The fourth-order valence-electron chi connectivity index (χ4n) is 1.37. The van der Waals surface area contributed by atoms with Crippen molar-refractivity contribution in [3.8, 4) is 0 Å². The van der Waals surface area contributed by atoms with Gasteiger partial charge in [-0.1, -0.05) is 31.6 Å². The minimum Gasteiger partial charge on any atom is -0.447 e. The Morgan fingerprint density at radius 3 is 2.32 bits per heavy atom. The van der Waals surface area contributed by atoms with Gasteiger partial charge in [-0.3, -0.25) is 0 Å². The second kappa shape index (κ2) is 15.7. The minimum atomic E-state index is -0.426. The van der Waals surface area contributed by atoms with Crippen LogP contribution in [0.1, 0.15) is 20.8 Å². The van der Waals surface area contributed by atoms with Crippen molar-refractivity contribution in [2.75, 3.05) is 52.7 Å². The predicted octanol–water partition coefficient (Wildman–Crippen LogP) is 1.96. The number of alkyl carbamates (subject to hydrolysis) is 1. The second-order valence-electron chi connectivity index (χ2n) is 5.26. The summed E-state index contributed by atoms with van der Waals surface area (Å²) in [7, 11) is 1.39. The lowest BCUT2D eigenvalue weighted by atomic mass is 10.2. The van der Waals surface area contributed by atoms with Gasteiger partial charge >= 0.3 is 6.09 Å². The van der Waals surface area contributed by atoms with E-state index in [1.54, 1.807) is 0 Å². The zero-order valence-corrected chi connectivity index (χ0v) is 15.5. The van der Waals surface area contributed by atoms with E-state index >= 15 is 0 Å². The summed E-state index contributed by atoms with van der Waals surface area (Å²) in [5.41, 5.74) is 0. The molecule has 0 aromatic heterocycles. The molecule has 0 rings (SSSR count). The molecule has 1 unspecified atom stereocenters. The molecule has 1 amide bonds. The number of ether oxygens (including phenoxy) is 3. The topological polar surface area (TPSA) is 68.8 Å². The standard InChI is InChI=1S/C14H30N2O4S2/c1-12(2)10-15-4-5-18-6-7-19-8-9-20-14(17)16-11-13(3)22-21/h12-13,15,21H,4-11H2,1-3H3,(H,16,17). The third kappa shape index (κ3) is 16.2. The van der Waals surface area contributed by atoms with Crippen molar-refractivity contribution in [2.45, 2.75) is 26.0 Å². The van der Waals surface area contributed by atoms with Crippen molar-refractivity contribution in [1.82, 2.24) is 10.6 Å². The first-order valence-corrected chi connectivity index (χ1v) is 9.56. The third-order valence-corrected chi connectivity index (χ3v) is 4.13. The van der Waals surface area contributed by atoms with E-state index in [2.05, 4.69) is 36.1 Å². The molecule has 0 aliphatic heterocycles. The number of hydrogen-bond acceptors (Lipinski definition) is 7. The minimum absolute atomic E-state index is 0.240. The second-order valence-corrected chi connectivity index (χ2v) is 6.90. The number of amides is 1. The van der Waals surface area contributed by atoms with E-state index in [4.69, 9.17) is 14.2 Å². The van der Waals surface area contributed by atoms with Crippen molar-refractivity contribution in [2.24, 2.45) is 5.92 Å². The molecule has 0 spiro atoms. The summed E-state index contributed by atoms with van der Waals surface area (Å²) in [6.45, 7) is 11.0. The van der Waals surface area contributed by atoms with Gasteiger partial charge in [0.25, 0.3) is 0 Å². The van der Waals surface area contributed by atoms with Crippen molar-refractivity contribution < 1.29 is 19.0 Å². The Bertz CT molecular complexity index is 271. The number of carbonyl (C=O) groups excluding carboxylic acids is 1. The first-order chi connectivity index (χ1) is 10.6. The Balaban J connectivity index is 3.18. The van der Waals surface area contributed by atoms with Crippen molar-refractivity contribution in [3.05, 3.63) is 0 Å². The molecular weight excluding hydrogens is 324 g/mol. The summed E-state index contributed by atoms with van der Waals surface area (Å²) in [6.07, 6.45) is -0.426. The lowest BCUT2D eigenvalue weighted by Crippen LogP contribution is -2.30. The Morgan fingerprint density at radius 1 is 1.05 bits per heavy atom. The molecule has 0 bridgehead atoms. The number of hydrogen-bond donors (Lipinski definition) is 3. The Hall–Kier alpha value is -0.150. The first-order valence-electron chi connectivity index (χ1n) is 7.63. The zero-order chi connectivity index (χ0) is 16.6. The van der Waals surface area contributed by atoms with E-state index in [9.17, 15) is 4.79 Å². The van der Waals surface area contributed by atoms with Crippen LogP contribution in [0.2, 0.25) is 0 Å². The van der Waals surface area contributed by atoms with Gasteiger partial charge in [0.05, 0.1) is 26.4 Å². The van der Waals surface area contributed by atoms with Crippen molar-refractivity contribution >= 4 is 28.5 Å². The highest BCUT2D eigenvalue weighted by Crippen LogP contribution is 2.12. The quantitative estimate of drug-likeness (QED) is 0.252. The predicted molar refractivity (Wildman–Crippen MR) is 94.7 cm³/mol. The average Bonchev–Trinajstić information content (AvgIpc) is 2.49. The van der Waals surface area contributed by atoms with Crippen LogP contribution in [0.25, 0.3) is 0 Å². The van der Waals surface area contributed by atoms with Crippen LogP contribution < -0.4 is 10.6 Å². The molecule has 0 saturated carbocycles. The van der Waals surface area contributed by atoms with Gasteiger partial charge in [0, 0.05) is 18.3 Å². The molecule has 132 valence electrons. The molecule has 6 nitrogen and oxygen atoms in total. The number of carbonyl (C=O) groups is 1. The number of thiol groups is 1. The Kier molecular flexibility index (Phi) is 15.6. The molecule has 0 radical (unpaired) electrons. The summed E-state index contributed by atoms with van der Waals surface area (Å²) in [6, 6.07) is 0.